The molecule has 0 amide bonds. The van der Waals surface area contributed by atoms with E-state index >= 15 is 0 Å². The van der Waals surface area contributed by atoms with Gasteiger partial charge in [-0.2, -0.15) is 0 Å². The summed E-state index contributed by atoms with van der Waals surface area (Å²) in [5, 5.41) is 3.54. The van der Waals surface area contributed by atoms with Crippen LogP contribution < -0.4 is 5.32 Å². The summed E-state index contributed by atoms with van der Waals surface area (Å²) in [6.45, 7) is 10.8. The van der Waals surface area contributed by atoms with Crippen LogP contribution in [0, 0.1) is 5.41 Å². The minimum Gasteiger partial charge on any atom is -0.378 e. The molecule has 14 heavy (non-hydrogen) atoms. The molecular formula is C12H25NO. The second-order valence-electron chi connectivity index (χ2n) is 5.50. The van der Waals surface area contributed by atoms with E-state index in [1.54, 1.807) is 0 Å². The Hall–Kier alpha value is -0.0800. The van der Waals surface area contributed by atoms with Crippen molar-refractivity contribution in [2.45, 2.75) is 59.1 Å². The van der Waals surface area contributed by atoms with Crippen LogP contribution in [0.2, 0.25) is 0 Å². The third-order valence-corrected chi connectivity index (χ3v) is 2.62. The zero-order valence-electron chi connectivity index (χ0n) is 10.1. The van der Waals surface area contributed by atoms with Crippen molar-refractivity contribution in [1.29, 1.82) is 0 Å². The molecule has 0 spiro atoms. The number of rotatable bonds is 7. The Morgan fingerprint density at radius 2 is 2.00 bits per heavy atom. The highest BCUT2D eigenvalue weighted by atomic mass is 16.5. The van der Waals surface area contributed by atoms with E-state index < -0.39 is 0 Å². The molecule has 0 bridgehead atoms. The average molecular weight is 199 g/mol. The number of hydrogen-bond acceptors (Lipinski definition) is 2. The number of hydrogen-bond donors (Lipinski definition) is 1. The Morgan fingerprint density at radius 3 is 2.50 bits per heavy atom. The van der Waals surface area contributed by atoms with Crippen LogP contribution in [0.1, 0.15) is 47.0 Å². The Kier molecular flexibility index (Phi) is 4.39. The van der Waals surface area contributed by atoms with Crippen LogP contribution in [-0.2, 0) is 4.74 Å². The first-order valence-corrected chi connectivity index (χ1v) is 5.84. The molecule has 1 N–H and O–H groups in total. The summed E-state index contributed by atoms with van der Waals surface area (Å²) in [5.74, 6) is 0. The Morgan fingerprint density at radius 1 is 1.36 bits per heavy atom. The number of ether oxygens (including phenoxy) is 1. The Bertz CT molecular complexity index is 162. The lowest BCUT2D eigenvalue weighted by Crippen LogP contribution is -2.28. The molecule has 1 saturated carbocycles. The van der Waals surface area contributed by atoms with E-state index in [1.807, 2.05) is 0 Å². The summed E-state index contributed by atoms with van der Waals surface area (Å²) in [5.41, 5.74) is 0.312. The van der Waals surface area contributed by atoms with Gasteiger partial charge < -0.3 is 10.1 Å². The molecule has 0 atom stereocenters. The van der Waals surface area contributed by atoms with Crippen molar-refractivity contribution in [3.8, 4) is 0 Å². The van der Waals surface area contributed by atoms with E-state index in [-0.39, 0.29) is 0 Å². The van der Waals surface area contributed by atoms with Gasteiger partial charge in [0.2, 0.25) is 0 Å². The van der Waals surface area contributed by atoms with Crippen LogP contribution >= 0.6 is 0 Å². The SMILES string of the molecule is CC(C)OCC(C)(C)CCNC1CC1. The fourth-order valence-electron chi connectivity index (χ4n) is 1.37. The maximum atomic E-state index is 5.65. The van der Waals surface area contributed by atoms with Gasteiger partial charge in [-0.3, -0.25) is 0 Å². The van der Waals surface area contributed by atoms with E-state index in [9.17, 15) is 0 Å². The predicted octanol–water partition coefficient (Wildman–Crippen LogP) is 2.58. The maximum Gasteiger partial charge on any atom is 0.0521 e. The van der Waals surface area contributed by atoms with Gasteiger partial charge in [-0.15, -0.1) is 0 Å². The lowest BCUT2D eigenvalue weighted by molar-refractivity contribution is 0.0183. The highest BCUT2D eigenvalue weighted by Gasteiger charge is 2.23. The second kappa shape index (κ2) is 5.13. The zero-order chi connectivity index (χ0) is 10.6. The molecule has 0 radical (unpaired) electrons. The average Bonchev–Trinajstić information content (AvgIpc) is 2.85. The van der Waals surface area contributed by atoms with Gasteiger partial charge in [0.15, 0.2) is 0 Å². The molecule has 0 saturated heterocycles. The molecule has 0 aliphatic heterocycles. The first kappa shape index (κ1) is 12.0. The zero-order valence-corrected chi connectivity index (χ0v) is 10.1. The van der Waals surface area contributed by atoms with Crippen LogP contribution in [0.5, 0.6) is 0 Å². The highest BCUT2D eigenvalue weighted by Crippen LogP contribution is 2.23. The minimum atomic E-state index is 0.312. The highest BCUT2D eigenvalue weighted by molar-refractivity contribution is 4.81. The van der Waals surface area contributed by atoms with Crippen LogP contribution in [0.4, 0.5) is 0 Å². The van der Waals surface area contributed by atoms with Crippen molar-refractivity contribution in [3.05, 3.63) is 0 Å². The van der Waals surface area contributed by atoms with Gasteiger partial charge in [0, 0.05) is 6.04 Å². The topological polar surface area (TPSA) is 21.3 Å². The molecule has 1 fully saturated rings. The second-order valence-corrected chi connectivity index (χ2v) is 5.50. The van der Waals surface area contributed by atoms with Gasteiger partial charge in [-0.05, 0) is 45.1 Å². The lowest BCUT2D eigenvalue weighted by atomic mass is 9.90. The molecule has 0 aromatic carbocycles. The summed E-state index contributed by atoms with van der Waals surface area (Å²) in [4.78, 5) is 0. The fraction of sp³-hybridized carbons (Fsp3) is 1.00. The van der Waals surface area contributed by atoms with Crippen LogP contribution in [0.3, 0.4) is 0 Å². The molecule has 1 rings (SSSR count). The standard InChI is InChI=1S/C12H25NO/c1-10(2)14-9-12(3,4)7-8-13-11-5-6-11/h10-11,13H,5-9H2,1-4H3. The Labute approximate surface area is 88.4 Å². The first-order chi connectivity index (χ1) is 6.49. The molecule has 1 aliphatic carbocycles. The third-order valence-electron chi connectivity index (χ3n) is 2.62. The van der Waals surface area contributed by atoms with Crippen molar-refractivity contribution in [2.75, 3.05) is 13.2 Å². The van der Waals surface area contributed by atoms with Gasteiger partial charge in [-0.1, -0.05) is 13.8 Å². The Balaban J connectivity index is 2.05. The van der Waals surface area contributed by atoms with Gasteiger partial charge in [-0.25, -0.2) is 0 Å². The molecule has 2 nitrogen and oxygen atoms in total. The van der Waals surface area contributed by atoms with Gasteiger partial charge in [0.1, 0.15) is 0 Å². The molecule has 0 aromatic rings. The smallest absolute Gasteiger partial charge is 0.0521 e. The van der Waals surface area contributed by atoms with Gasteiger partial charge in [0.25, 0.3) is 0 Å². The molecule has 2 heteroatoms. The fourth-order valence-corrected chi connectivity index (χ4v) is 1.37. The van der Waals surface area contributed by atoms with Crippen LogP contribution in [0.25, 0.3) is 0 Å². The molecule has 0 unspecified atom stereocenters. The largest absolute Gasteiger partial charge is 0.378 e. The summed E-state index contributed by atoms with van der Waals surface area (Å²) in [7, 11) is 0. The van der Waals surface area contributed by atoms with Crippen molar-refractivity contribution < 1.29 is 4.74 Å². The monoisotopic (exact) mass is 199 g/mol. The van der Waals surface area contributed by atoms with E-state index in [0.717, 1.165) is 19.2 Å². The van der Waals surface area contributed by atoms with Crippen molar-refractivity contribution >= 4 is 0 Å². The maximum absolute atomic E-state index is 5.65. The minimum absolute atomic E-state index is 0.312. The molecule has 0 heterocycles. The summed E-state index contributed by atoms with van der Waals surface area (Å²) in [6, 6.07) is 0.830. The summed E-state index contributed by atoms with van der Waals surface area (Å²) in [6.07, 6.45) is 4.31. The first-order valence-electron chi connectivity index (χ1n) is 5.84. The summed E-state index contributed by atoms with van der Waals surface area (Å²) < 4.78 is 5.65. The lowest BCUT2D eigenvalue weighted by Gasteiger charge is -2.25. The van der Waals surface area contributed by atoms with Crippen molar-refractivity contribution in [2.24, 2.45) is 5.41 Å². The molecule has 84 valence electrons. The van der Waals surface area contributed by atoms with Crippen LogP contribution in [0.15, 0.2) is 0 Å². The van der Waals surface area contributed by atoms with Gasteiger partial charge >= 0.3 is 0 Å². The normalized spacial score (nSPS) is 17.8. The molecule has 0 aromatic heterocycles. The van der Waals surface area contributed by atoms with Crippen molar-refractivity contribution in [1.82, 2.24) is 5.32 Å². The van der Waals surface area contributed by atoms with Gasteiger partial charge in [0.05, 0.1) is 12.7 Å². The van der Waals surface area contributed by atoms with E-state index in [2.05, 4.69) is 33.0 Å². The van der Waals surface area contributed by atoms with Crippen LogP contribution in [-0.4, -0.2) is 25.3 Å². The molecule has 1 aliphatic rings. The quantitative estimate of drug-likeness (QED) is 0.680. The number of nitrogens with one attached hydrogen (secondary N) is 1. The van der Waals surface area contributed by atoms with E-state index in [4.69, 9.17) is 4.74 Å². The predicted molar refractivity (Wildman–Crippen MR) is 60.5 cm³/mol. The third kappa shape index (κ3) is 5.61. The van der Waals surface area contributed by atoms with Crippen molar-refractivity contribution in [3.63, 3.8) is 0 Å². The summed E-state index contributed by atoms with van der Waals surface area (Å²) >= 11 is 0. The van der Waals surface area contributed by atoms with E-state index in [0.29, 0.717) is 11.5 Å². The van der Waals surface area contributed by atoms with E-state index in [1.165, 1.54) is 19.3 Å². The molecular weight excluding hydrogens is 174 g/mol.